The highest BCUT2D eigenvalue weighted by atomic mass is 32.2. The molecular weight excluding hydrogens is 380 g/mol. The first-order chi connectivity index (χ1) is 14.1. The molecule has 0 fully saturated rings. The molecule has 0 saturated carbocycles. The number of nitrogens with one attached hydrogen (secondary N) is 1. The van der Waals surface area contributed by atoms with Gasteiger partial charge in [-0.1, -0.05) is 74.0 Å². The van der Waals surface area contributed by atoms with Gasteiger partial charge in [0.15, 0.2) is 0 Å². The number of hydrogen-bond donors (Lipinski definition) is 1. The van der Waals surface area contributed by atoms with E-state index in [2.05, 4.69) is 36.5 Å². The third-order valence-electron chi connectivity index (χ3n) is 4.82. The molecule has 2 amide bonds. The predicted octanol–water partition coefficient (Wildman–Crippen LogP) is 4.30. The first kappa shape index (κ1) is 23.0. The molecule has 2 rings (SSSR count). The van der Waals surface area contributed by atoms with Crippen LogP contribution in [0.1, 0.15) is 37.8 Å². The van der Waals surface area contributed by atoms with Gasteiger partial charge >= 0.3 is 0 Å². The minimum absolute atomic E-state index is 0.0139. The van der Waals surface area contributed by atoms with Gasteiger partial charge in [0.25, 0.3) is 0 Å². The van der Waals surface area contributed by atoms with E-state index in [0.29, 0.717) is 18.8 Å². The summed E-state index contributed by atoms with van der Waals surface area (Å²) in [4.78, 5) is 27.2. The zero-order valence-electron chi connectivity index (χ0n) is 17.5. The fourth-order valence-electron chi connectivity index (χ4n) is 3.02. The van der Waals surface area contributed by atoms with Crippen molar-refractivity contribution in [3.05, 3.63) is 71.8 Å². The average molecular weight is 413 g/mol. The van der Waals surface area contributed by atoms with Crippen LogP contribution in [0.3, 0.4) is 0 Å². The predicted molar refractivity (Wildman–Crippen MR) is 122 cm³/mol. The molecule has 2 aromatic rings. The summed E-state index contributed by atoms with van der Waals surface area (Å²) >= 11 is 1.59. The van der Waals surface area contributed by atoms with Crippen LogP contribution < -0.4 is 5.32 Å². The lowest BCUT2D eigenvalue weighted by atomic mass is 10.1. The second-order valence-electron chi connectivity index (χ2n) is 7.12. The van der Waals surface area contributed by atoms with E-state index in [1.54, 1.807) is 16.7 Å². The first-order valence-corrected chi connectivity index (χ1v) is 11.5. The molecule has 2 aromatic carbocycles. The topological polar surface area (TPSA) is 49.4 Å². The van der Waals surface area contributed by atoms with E-state index < -0.39 is 6.04 Å². The molecule has 0 aromatic heterocycles. The van der Waals surface area contributed by atoms with Crippen LogP contribution in [0, 0.1) is 0 Å². The average Bonchev–Trinajstić information content (AvgIpc) is 2.75. The third-order valence-corrected chi connectivity index (χ3v) is 5.81. The number of rotatable bonds is 12. The molecule has 0 bridgehead atoms. The summed E-state index contributed by atoms with van der Waals surface area (Å²) in [6.07, 6.45) is 2.72. The number of carbonyl (C=O) groups is 2. The molecule has 0 unspecified atom stereocenters. The van der Waals surface area contributed by atoms with Crippen LogP contribution in [0.15, 0.2) is 60.7 Å². The molecule has 0 aliphatic carbocycles. The van der Waals surface area contributed by atoms with Gasteiger partial charge in [-0.05, 0) is 30.9 Å². The lowest BCUT2D eigenvalue weighted by Crippen LogP contribution is -2.49. The number of carbonyl (C=O) groups excluding carboxylic acids is 2. The molecule has 0 aliphatic rings. The summed E-state index contributed by atoms with van der Waals surface area (Å²) in [6, 6.07) is 19.7. The van der Waals surface area contributed by atoms with E-state index in [0.717, 1.165) is 25.0 Å². The second kappa shape index (κ2) is 13.0. The molecule has 156 valence electrons. The summed E-state index contributed by atoms with van der Waals surface area (Å²) in [5.74, 6) is 1.10. The van der Waals surface area contributed by atoms with E-state index in [-0.39, 0.29) is 11.8 Å². The highest BCUT2D eigenvalue weighted by Gasteiger charge is 2.25. The zero-order chi connectivity index (χ0) is 20.9. The van der Waals surface area contributed by atoms with Gasteiger partial charge in [0.05, 0.1) is 5.75 Å². The van der Waals surface area contributed by atoms with Gasteiger partial charge in [-0.3, -0.25) is 9.59 Å². The van der Waals surface area contributed by atoms with Gasteiger partial charge in [-0.2, -0.15) is 0 Å². The van der Waals surface area contributed by atoms with E-state index in [4.69, 9.17) is 0 Å². The van der Waals surface area contributed by atoms with Gasteiger partial charge in [0, 0.05) is 18.8 Å². The van der Waals surface area contributed by atoms with Crippen molar-refractivity contribution in [3.8, 4) is 0 Å². The van der Waals surface area contributed by atoms with Gasteiger partial charge in [0.1, 0.15) is 6.04 Å². The van der Waals surface area contributed by atoms with Crippen molar-refractivity contribution in [2.45, 2.75) is 44.9 Å². The fourth-order valence-corrected chi connectivity index (χ4v) is 3.89. The Balaban J connectivity index is 1.95. The molecule has 4 nitrogen and oxygen atoms in total. The molecule has 5 heteroatoms. The van der Waals surface area contributed by atoms with Crippen molar-refractivity contribution in [2.24, 2.45) is 0 Å². The van der Waals surface area contributed by atoms with Crippen molar-refractivity contribution < 1.29 is 9.59 Å². The van der Waals surface area contributed by atoms with E-state index in [9.17, 15) is 9.59 Å². The number of amides is 2. The monoisotopic (exact) mass is 412 g/mol. The van der Waals surface area contributed by atoms with Crippen LogP contribution in [0.4, 0.5) is 0 Å². The Bertz CT molecular complexity index is 737. The largest absolute Gasteiger partial charge is 0.354 e. The summed E-state index contributed by atoms with van der Waals surface area (Å²) in [5, 5.41) is 2.96. The maximum atomic E-state index is 13.0. The highest BCUT2D eigenvalue weighted by Crippen LogP contribution is 2.14. The van der Waals surface area contributed by atoms with Gasteiger partial charge in [-0.25, -0.2) is 0 Å². The summed E-state index contributed by atoms with van der Waals surface area (Å²) in [6.45, 7) is 5.11. The normalized spacial score (nSPS) is 11.7. The third kappa shape index (κ3) is 8.32. The van der Waals surface area contributed by atoms with Crippen LogP contribution in [0.2, 0.25) is 0 Å². The standard InChI is InChI=1S/C24H32N2O2S/c1-3-4-16-25-24(28)20(2)26(17-15-21-11-7-5-8-12-21)23(27)19-29-18-22-13-9-6-10-14-22/h5-14,20H,3-4,15-19H2,1-2H3,(H,25,28)/t20-/m1/s1. The molecule has 0 radical (unpaired) electrons. The van der Waals surface area contributed by atoms with E-state index >= 15 is 0 Å². The van der Waals surface area contributed by atoms with Crippen molar-refractivity contribution >= 4 is 23.6 Å². The minimum atomic E-state index is -0.472. The molecule has 1 N–H and O–H groups in total. The zero-order valence-corrected chi connectivity index (χ0v) is 18.3. The second-order valence-corrected chi connectivity index (χ2v) is 8.11. The van der Waals surface area contributed by atoms with Crippen molar-refractivity contribution in [3.63, 3.8) is 0 Å². The Labute approximate surface area is 179 Å². The number of benzene rings is 2. The Kier molecular flexibility index (Phi) is 10.4. The van der Waals surface area contributed by atoms with Crippen molar-refractivity contribution in [1.82, 2.24) is 10.2 Å². The lowest BCUT2D eigenvalue weighted by molar-refractivity contribution is -0.137. The van der Waals surface area contributed by atoms with E-state index in [1.807, 2.05) is 43.3 Å². The highest BCUT2D eigenvalue weighted by molar-refractivity contribution is 7.99. The molecule has 0 saturated heterocycles. The first-order valence-electron chi connectivity index (χ1n) is 10.3. The Morgan fingerprint density at radius 3 is 2.24 bits per heavy atom. The molecule has 1 atom stereocenters. The van der Waals surface area contributed by atoms with Gasteiger partial charge < -0.3 is 10.2 Å². The molecule has 29 heavy (non-hydrogen) atoms. The number of unbranched alkanes of at least 4 members (excludes halogenated alkanes) is 1. The van der Waals surface area contributed by atoms with Crippen molar-refractivity contribution in [1.29, 1.82) is 0 Å². The Morgan fingerprint density at radius 2 is 1.62 bits per heavy atom. The number of thioether (sulfide) groups is 1. The molecule has 0 spiro atoms. The lowest BCUT2D eigenvalue weighted by Gasteiger charge is -2.28. The summed E-state index contributed by atoms with van der Waals surface area (Å²) < 4.78 is 0. The SMILES string of the molecule is CCCCNC(=O)[C@@H](C)N(CCc1ccccc1)C(=O)CSCc1ccccc1. The van der Waals surface area contributed by atoms with Gasteiger partial charge in [-0.15, -0.1) is 11.8 Å². The van der Waals surface area contributed by atoms with Crippen LogP contribution >= 0.6 is 11.8 Å². The van der Waals surface area contributed by atoms with Crippen LogP contribution in [-0.4, -0.2) is 41.6 Å². The quantitative estimate of drug-likeness (QED) is 0.529. The van der Waals surface area contributed by atoms with Crippen LogP contribution in [0.25, 0.3) is 0 Å². The summed E-state index contributed by atoms with van der Waals surface area (Å²) in [7, 11) is 0. The van der Waals surface area contributed by atoms with Crippen LogP contribution in [-0.2, 0) is 21.8 Å². The number of hydrogen-bond acceptors (Lipinski definition) is 3. The summed E-state index contributed by atoms with van der Waals surface area (Å²) in [5.41, 5.74) is 2.37. The van der Waals surface area contributed by atoms with E-state index in [1.165, 1.54) is 11.1 Å². The smallest absolute Gasteiger partial charge is 0.242 e. The minimum Gasteiger partial charge on any atom is -0.354 e. The maximum Gasteiger partial charge on any atom is 0.242 e. The molecule has 0 aliphatic heterocycles. The fraction of sp³-hybridized carbons (Fsp3) is 0.417. The van der Waals surface area contributed by atoms with Crippen molar-refractivity contribution in [2.75, 3.05) is 18.8 Å². The maximum absolute atomic E-state index is 13.0. The Morgan fingerprint density at radius 1 is 1.00 bits per heavy atom. The molecular formula is C24H32N2O2S. The van der Waals surface area contributed by atoms with Gasteiger partial charge in [0.2, 0.25) is 11.8 Å². The van der Waals surface area contributed by atoms with Crippen LogP contribution in [0.5, 0.6) is 0 Å². The molecule has 0 heterocycles. The number of nitrogens with zero attached hydrogens (tertiary/aromatic N) is 1. The Hall–Kier alpha value is -2.27.